The SMILES string of the molecule is COc1cnc(C)cc1NC1CCOC1. The zero-order valence-electron chi connectivity index (χ0n) is 9.12. The van der Waals surface area contributed by atoms with Crippen LogP contribution in [0, 0.1) is 6.92 Å². The molecular formula is C11H16N2O2. The molecular weight excluding hydrogens is 192 g/mol. The Morgan fingerprint density at radius 2 is 2.47 bits per heavy atom. The molecule has 1 atom stereocenters. The molecule has 1 N–H and O–H groups in total. The van der Waals surface area contributed by atoms with Crippen LogP contribution in [0.5, 0.6) is 5.75 Å². The van der Waals surface area contributed by atoms with Crippen molar-refractivity contribution in [1.82, 2.24) is 4.98 Å². The van der Waals surface area contributed by atoms with Gasteiger partial charge in [0, 0.05) is 12.3 Å². The molecule has 1 aliphatic heterocycles. The van der Waals surface area contributed by atoms with Crippen LogP contribution in [0.15, 0.2) is 12.3 Å². The fourth-order valence-electron chi connectivity index (χ4n) is 1.69. The summed E-state index contributed by atoms with van der Waals surface area (Å²) in [6.45, 7) is 3.57. The van der Waals surface area contributed by atoms with Gasteiger partial charge in [0.15, 0.2) is 5.75 Å². The van der Waals surface area contributed by atoms with E-state index in [0.29, 0.717) is 6.04 Å². The van der Waals surface area contributed by atoms with Crippen LogP contribution >= 0.6 is 0 Å². The van der Waals surface area contributed by atoms with Crippen molar-refractivity contribution in [3.05, 3.63) is 18.0 Å². The van der Waals surface area contributed by atoms with Gasteiger partial charge >= 0.3 is 0 Å². The molecule has 2 heterocycles. The van der Waals surface area contributed by atoms with Crippen molar-refractivity contribution in [2.75, 3.05) is 25.6 Å². The Balaban J connectivity index is 2.14. The number of ether oxygens (including phenoxy) is 2. The fraction of sp³-hybridized carbons (Fsp3) is 0.545. The largest absolute Gasteiger partial charge is 0.493 e. The number of methoxy groups -OCH3 is 1. The lowest BCUT2D eigenvalue weighted by molar-refractivity contribution is 0.195. The lowest BCUT2D eigenvalue weighted by Gasteiger charge is -2.15. The molecule has 0 saturated carbocycles. The standard InChI is InChI=1S/C11H16N2O2/c1-8-5-10(11(14-2)6-12-8)13-9-3-4-15-7-9/h5-6,9H,3-4,7H2,1-2H3,(H,12,13). The molecule has 0 bridgehead atoms. The number of anilines is 1. The summed E-state index contributed by atoms with van der Waals surface area (Å²) in [5, 5.41) is 3.41. The maximum absolute atomic E-state index is 5.31. The molecule has 1 saturated heterocycles. The first-order valence-corrected chi connectivity index (χ1v) is 5.14. The second-order valence-electron chi connectivity index (χ2n) is 3.73. The van der Waals surface area contributed by atoms with Crippen molar-refractivity contribution >= 4 is 5.69 Å². The summed E-state index contributed by atoms with van der Waals surface area (Å²) in [6.07, 6.45) is 2.79. The monoisotopic (exact) mass is 208 g/mol. The van der Waals surface area contributed by atoms with Crippen LogP contribution in [-0.2, 0) is 4.74 Å². The number of aryl methyl sites for hydroxylation is 1. The summed E-state index contributed by atoms with van der Waals surface area (Å²) in [7, 11) is 1.66. The van der Waals surface area contributed by atoms with Gasteiger partial charge in [-0.05, 0) is 19.4 Å². The predicted molar refractivity (Wildman–Crippen MR) is 58.4 cm³/mol. The topological polar surface area (TPSA) is 43.4 Å². The van der Waals surface area contributed by atoms with Gasteiger partial charge in [-0.15, -0.1) is 0 Å². The molecule has 1 aliphatic rings. The van der Waals surface area contributed by atoms with Crippen molar-refractivity contribution < 1.29 is 9.47 Å². The zero-order chi connectivity index (χ0) is 10.7. The minimum absolute atomic E-state index is 0.390. The summed E-state index contributed by atoms with van der Waals surface area (Å²) in [4.78, 5) is 4.19. The van der Waals surface area contributed by atoms with Gasteiger partial charge in [-0.3, -0.25) is 4.98 Å². The quantitative estimate of drug-likeness (QED) is 0.819. The Hall–Kier alpha value is -1.29. The lowest BCUT2D eigenvalue weighted by atomic mass is 10.2. The third-order valence-electron chi connectivity index (χ3n) is 2.51. The summed E-state index contributed by atoms with van der Waals surface area (Å²) >= 11 is 0. The molecule has 0 spiro atoms. The average Bonchev–Trinajstić information content (AvgIpc) is 2.71. The first-order valence-electron chi connectivity index (χ1n) is 5.14. The van der Waals surface area contributed by atoms with E-state index >= 15 is 0 Å². The molecule has 0 aromatic carbocycles. The number of hydrogen-bond donors (Lipinski definition) is 1. The third kappa shape index (κ3) is 2.39. The molecule has 0 radical (unpaired) electrons. The van der Waals surface area contributed by atoms with E-state index in [2.05, 4.69) is 10.3 Å². The zero-order valence-corrected chi connectivity index (χ0v) is 9.12. The number of nitrogens with one attached hydrogen (secondary N) is 1. The van der Waals surface area contributed by atoms with Gasteiger partial charge in [0.2, 0.25) is 0 Å². The van der Waals surface area contributed by atoms with Crippen LogP contribution in [-0.4, -0.2) is 31.3 Å². The van der Waals surface area contributed by atoms with E-state index in [1.165, 1.54) is 0 Å². The fourth-order valence-corrected chi connectivity index (χ4v) is 1.69. The molecule has 1 aromatic heterocycles. The molecule has 1 unspecified atom stereocenters. The van der Waals surface area contributed by atoms with Crippen LogP contribution in [0.25, 0.3) is 0 Å². The smallest absolute Gasteiger partial charge is 0.160 e. The number of pyridine rings is 1. The molecule has 4 heteroatoms. The van der Waals surface area contributed by atoms with E-state index in [-0.39, 0.29) is 0 Å². The minimum Gasteiger partial charge on any atom is -0.493 e. The number of hydrogen-bond acceptors (Lipinski definition) is 4. The summed E-state index contributed by atoms with van der Waals surface area (Å²) < 4.78 is 10.6. The highest BCUT2D eigenvalue weighted by molar-refractivity contribution is 5.56. The molecule has 4 nitrogen and oxygen atoms in total. The van der Waals surface area contributed by atoms with E-state index in [1.54, 1.807) is 13.3 Å². The maximum atomic E-state index is 5.31. The Morgan fingerprint density at radius 3 is 3.13 bits per heavy atom. The van der Waals surface area contributed by atoms with Gasteiger partial charge in [-0.25, -0.2) is 0 Å². The molecule has 2 rings (SSSR count). The van der Waals surface area contributed by atoms with Gasteiger partial charge in [0.25, 0.3) is 0 Å². The average molecular weight is 208 g/mol. The number of nitrogens with zero attached hydrogens (tertiary/aromatic N) is 1. The van der Waals surface area contributed by atoms with Crippen LogP contribution in [0.2, 0.25) is 0 Å². The van der Waals surface area contributed by atoms with E-state index < -0.39 is 0 Å². The Labute approximate surface area is 89.6 Å². The van der Waals surface area contributed by atoms with Crippen molar-refractivity contribution in [1.29, 1.82) is 0 Å². The minimum atomic E-state index is 0.390. The molecule has 82 valence electrons. The highest BCUT2D eigenvalue weighted by Crippen LogP contribution is 2.25. The van der Waals surface area contributed by atoms with Crippen LogP contribution in [0.3, 0.4) is 0 Å². The Bertz CT molecular complexity index is 335. The second kappa shape index (κ2) is 4.49. The summed E-state index contributed by atoms with van der Waals surface area (Å²) in [6, 6.07) is 2.39. The summed E-state index contributed by atoms with van der Waals surface area (Å²) in [5.41, 5.74) is 1.98. The normalized spacial score (nSPS) is 20.3. The first kappa shape index (κ1) is 10.2. The predicted octanol–water partition coefficient (Wildman–Crippen LogP) is 1.60. The van der Waals surface area contributed by atoms with Crippen molar-refractivity contribution in [3.8, 4) is 5.75 Å². The Kier molecular flexibility index (Phi) is 3.06. The molecule has 0 aliphatic carbocycles. The highest BCUT2D eigenvalue weighted by Gasteiger charge is 2.16. The van der Waals surface area contributed by atoms with E-state index in [1.807, 2.05) is 13.0 Å². The molecule has 1 fully saturated rings. The van der Waals surface area contributed by atoms with Crippen LogP contribution in [0.4, 0.5) is 5.69 Å². The van der Waals surface area contributed by atoms with Gasteiger partial charge in [0.1, 0.15) is 0 Å². The van der Waals surface area contributed by atoms with Gasteiger partial charge in [-0.1, -0.05) is 0 Å². The van der Waals surface area contributed by atoms with Crippen LogP contribution < -0.4 is 10.1 Å². The number of aromatic nitrogens is 1. The highest BCUT2D eigenvalue weighted by atomic mass is 16.5. The first-order chi connectivity index (χ1) is 7.29. The molecule has 15 heavy (non-hydrogen) atoms. The lowest BCUT2D eigenvalue weighted by Crippen LogP contribution is -2.19. The van der Waals surface area contributed by atoms with Crippen LogP contribution in [0.1, 0.15) is 12.1 Å². The van der Waals surface area contributed by atoms with Crippen molar-refractivity contribution in [2.24, 2.45) is 0 Å². The molecule has 1 aromatic rings. The van der Waals surface area contributed by atoms with E-state index in [4.69, 9.17) is 9.47 Å². The third-order valence-corrected chi connectivity index (χ3v) is 2.51. The van der Waals surface area contributed by atoms with Gasteiger partial charge in [0.05, 0.1) is 31.6 Å². The Morgan fingerprint density at radius 1 is 1.60 bits per heavy atom. The maximum Gasteiger partial charge on any atom is 0.160 e. The molecule has 0 amide bonds. The number of rotatable bonds is 3. The second-order valence-corrected chi connectivity index (χ2v) is 3.73. The van der Waals surface area contributed by atoms with Gasteiger partial charge < -0.3 is 14.8 Å². The van der Waals surface area contributed by atoms with Crippen molar-refractivity contribution in [2.45, 2.75) is 19.4 Å². The van der Waals surface area contributed by atoms with E-state index in [9.17, 15) is 0 Å². The van der Waals surface area contributed by atoms with Gasteiger partial charge in [-0.2, -0.15) is 0 Å². The van der Waals surface area contributed by atoms with Crippen molar-refractivity contribution in [3.63, 3.8) is 0 Å². The van der Waals surface area contributed by atoms with E-state index in [0.717, 1.165) is 36.8 Å². The summed E-state index contributed by atoms with van der Waals surface area (Å²) in [5.74, 6) is 0.785.